The van der Waals surface area contributed by atoms with Crippen LogP contribution in [-0.4, -0.2) is 34.0 Å². The van der Waals surface area contributed by atoms with E-state index in [4.69, 9.17) is 0 Å². The number of rotatable bonds is 4. The molecule has 0 radical (unpaired) electrons. The van der Waals surface area contributed by atoms with Crippen molar-refractivity contribution in [3.05, 3.63) is 27.6 Å². The molecule has 0 spiro atoms. The van der Waals surface area contributed by atoms with Gasteiger partial charge in [-0.15, -0.1) is 11.3 Å². The number of hydrogen-bond acceptors (Lipinski definition) is 4. The molecule has 2 aromatic heterocycles. The summed E-state index contributed by atoms with van der Waals surface area (Å²) in [5.41, 5.74) is 1.64. The zero-order chi connectivity index (χ0) is 16.4. The van der Waals surface area contributed by atoms with Crippen LogP contribution < -0.4 is 5.56 Å². The maximum Gasteiger partial charge on any atom is 0.271 e. The van der Waals surface area contributed by atoms with Crippen LogP contribution in [0.15, 0.2) is 16.5 Å². The van der Waals surface area contributed by atoms with Crippen molar-refractivity contribution in [2.75, 3.05) is 13.6 Å². The monoisotopic (exact) mass is 333 g/mol. The van der Waals surface area contributed by atoms with E-state index in [9.17, 15) is 9.59 Å². The molecule has 0 aliphatic heterocycles. The number of likely N-dealkylation sites (N-methyl/N-ethyl adjacent to an activating group) is 1. The van der Waals surface area contributed by atoms with Crippen molar-refractivity contribution in [2.45, 2.75) is 45.6 Å². The fourth-order valence-electron chi connectivity index (χ4n) is 3.30. The Kier molecular flexibility index (Phi) is 4.80. The van der Waals surface area contributed by atoms with Crippen LogP contribution in [-0.2, 0) is 11.3 Å². The molecule has 6 heteroatoms. The van der Waals surface area contributed by atoms with Gasteiger partial charge < -0.3 is 4.90 Å². The van der Waals surface area contributed by atoms with Gasteiger partial charge in [-0.25, -0.2) is 4.98 Å². The number of hydrogen-bond donors (Lipinski definition) is 0. The molecule has 0 unspecified atom stereocenters. The molecule has 0 atom stereocenters. The van der Waals surface area contributed by atoms with E-state index in [1.54, 1.807) is 4.90 Å². The predicted molar refractivity (Wildman–Crippen MR) is 92.8 cm³/mol. The Hall–Kier alpha value is -1.69. The number of nitrogens with zero attached hydrogens (tertiary/aromatic N) is 3. The Morgan fingerprint density at radius 3 is 2.87 bits per heavy atom. The molecule has 23 heavy (non-hydrogen) atoms. The van der Waals surface area contributed by atoms with Crippen molar-refractivity contribution in [2.24, 2.45) is 5.92 Å². The number of carbonyl (C=O) groups excluding carboxylic acids is 1. The van der Waals surface area contributed by atoms with E-state index in [2.05, 4.69) is 4.98 Å². The molecule has 0 aromatic carbocycles. The van der Waals surface area contributed by atoms with Crippen LogP contribution >= 0.6 is 11.3 Å². The molecule has 0 saturated heterocycles. The summed E-state index contributed by atoms with van der Waals surface area (Å²) in [4.78, 5) is 31.0. The number of thiophene rings is 1. The summed E-state index contributed by atoms with van der Waals surface area (Å²) in [5.74, 6) is 0.585. The Labute approximate surface area is 139 Å². The number of aryl methyl sites for hydroxylation is 1. The van der Waals surface area contributed by atoms with E-state index in [1.165, 1.54) is 54.3 Å². The fraction of sp³-hybridized carbons (Fsp3) is 0.588. The first-order chi connectivity index (χ1) is 11.1. The lowest BCUT2D eigenvalue weighted by Gasteiger charge is -2.27. The van der Waals surface area contributed by atoms with Gasteiger partial charge in [0, 0.05) is 13.6 Å². The maximum atomic E-state index is 12.5. The number of fused-ring (bicyclic) bond motifs is 1. The van der Waals surface area contributed by atoms with E-state index in [-0.39, 0.29) is 18.0 Å². The topological polar surface area (TPSA) is 55.2 Å². The smallest absolute Gasteiger partial charge is 0.271 e. The largest absolute Gasteiger partial charge is 0.344 e. The Morgan fingerprint density at radius 1 is 1.39 bits per heavy atom. The van der Waals surface area contributed by atoms with Gasteiger partial charge >= 0.3 is 0 Å². The molecule has 2 aromatic rings. The molecule has 5 nitrogen and oxygen atoms in total. The third-order valence-electron chi connectivity index (χ3n) is 4.71. The first kappa shape index (κ1) is 16.2. The Balaban J connectivity index is 1.69. The number of carbonyl (C=O) groups is 1. The highest BCUT2D eigenvalue weighted by Crippen LogP contribution is 2.24. The minimum absolute atomic E-state index is 0.0212. The molecule has 124 valence electrons. The number of aromatic nitrogens is 2. The third-order valence-corrected chi connectivity index (χ3v) is 5.79. The second-order valence-corrected chi connectivity index (χ2v) is 7.43. The summed E-state index contributed by atoms with van der Waals surface area (Å²) in [7, 11) is 1.84. The van der Waals surface area contributed by atoms with Crippen molar-refractivity contribution in [1.29, 1.82) is 0 Å². The van der Waals surface area contributed by atoms with Gasteiger partial charge in [0.2, 0.25) is 5.91 Å². The zero-order valence-electron chi connectivity index (χ0n) is 13.7. The molecule has 0 bridgehead atoms. The van der Waals surface area contributed by atoms with Gasteiger partial charge in [0.05, 0.1) is 11.8 Å². The highest BCUT2D eigenvalue weighted by molar-refractivity contribution is 7.17. The summed E-state index contributed by atoms with van der Waals surface area (Å²) in [5, 5.41) is 1.93. The molecule has 1 aliphatic carbocycles. The summed E-state index contributed by atoms with van der Waals surface area (Å²) in [6.45, 7) is 2.81. The summed E-state index contributed by atoms with van der Waals surface area (Å²) < 4.78 is 2.06. The van der Waals surface area contributed by atoms with E-state index in [0.29, 0.717) is 10.6 Å². The molecule has 3 rings (SSSR count). The normalized spacial score (nSPS) is 15.9. The Bertz CT molecular complexity index is 759. The second kappa shape index (κ2) is 6.83. The predicted octanol–water partition coefficient (Wildman–Crippen LogP) is 2.81. The minimum atomic E-state index is -0.118. The van der Waals surface area contributed by atoms with Crippen molar-refractivity contribution >= 4 is 27.5 Å². The quantitative estimate of drug-likeness (QED) is 0.864. The summed E-state index contributed by atoms with van der Waals surface area (Å²) in [6, 6.07) is 0. The highest BCUT2D eigenvalue weighted by atomic mass is 32.1. The molecule has 1 amide bonds. The molecule has 1 saturated carbocycles. The minimum Gasteiger partial charge on any atom is -0.344 e. The fourth-order valence-corrected chi connectivity index (χ4v) is 4.25. The van der Waals surface area contributed by atoms with Gasteiger partial charge in [-0.3, -0.25) is 14.2 Å². The second-order valence-electron chi connectivity index (χ2n) is 6.55. The Morgan fingerprint density at radius 2 is 2.13 bits per heavy atom. The van der Waals surface area contributed by atoms with Gasteiger partial charge in [0.15, 0.2) is 0 Å². The van der Waals surface area contributed by atoms with E-state index in [1.807, 2.05) is 19.4 Å². The van der Waals surface area contributed by atoms with Crippen molar-refractivity contribution < 1.29 is 4.79 Å². The summed E-state index contributed by atoms with van der Waals surface area (Å²) >= 11 is 1.40. The SMILES string of the molecule is Cc1csc2c(=O)n(CC(=O)N(C)CC3CCCCC3)cnc12. The molecule has 1 fully saturated rings. The van der Waals surface area contributed by atoms with Crippen LogP contribution in [0.25, 0.3) is 10.2 Å². The van der Waals surface area contributed by atoms with Crippen LogP contribution in [0.2, 0.25) is 0 Å². The van der Waals surface area contributed by atoms with Gasteiger partial charge in [-0.2, -0.15) is 0 Å². The first-order valence-corrected chi connectivity index (χ1v) is 9.11. The summed E-state index contributed by atoms with van der Waals surface area (Å²) in [6.07, 6.45) is 7.76. The highest BCUT2D eigenvalue weighted by Gasteiger charge is 2.19. The van der Waals surface area contributed by atoms with Crippen LogP contribution in [0.4, 0.5) is 0 Å². The first-order valence-electron chi connectivity index (χ1n) is 8.23. The van der Waals surface area contributed by atoms with Gasteiger partial charge in [0.1, 0.15) is 11.2 Å². The van der Waals surface area contributed by atoms with Crippen LogP contribution in [0.1, 0.15) is 37.7 Å². The van der Waals surface area contributed by atoms with Gasteiger partial charge in [-0.05, 0) is 36.6 Å². The van der Waals surface area contributed by atoms with Crippen molar-refractivity contribution in [1.82, 2.24) is 14.5 Å². The average molecular weight is 333 g/mol. The molecular weight excluding hydrogens is 310 g/mol. The third kappa shape index (κ3) is 3.47. The van der Waals surface area contributed by atoms with Crippen LogP contribution in [0, 0.1) is 12.8 Å². The molecular formula is C17H23N3O2S. The van der Waals surface area contributed by atoms with Gasteiger partial charge in [-0.1, -0.05) is 19.3 Å². The zero-order valence-corrected chi connectivity index (χ0v) is 14.6. The van der Waals surface area contributed by atoms with Crippen molar-refractivity contribution in [3.8, 4) is 0 Å². The lowest BCUT2D eigenvalue weighted by Crippen LogP contribution is -2.37. The van der Waals surface area contributed by atoms with E-state index in [0.717, 1.165) is 17.6 Å². The van der Waals surface area contributed by atoms with E-state index < -0.39 is 0 Å². The van der Waals surface area contributed by atoms with Crippen LogP contribution in [0.3, 0.4) is 0 Å². The lowest BCUT2D eigenvalue weighted by molar-refractivity contribution is -0.131. The standard InChI is InChI=1S/C17H23N3O2S/c1-12-10-23-16-15(12)18-11-20(17(16)22)9-14(21)19(2)8-13-6-4-3-5-7-13/h10-11,13H,3-9H2,1-2H3. The molecule has 1 aliphatic rings. The maximum absolute atomic E-state index is 12.5. The lowest BCUT2D eigenvalue weighted by atomic mass is 9.89. The van der Waals surface area contributed by atoms with E-state index >= 15 is 0 Å². The molecule has 2 heterocycles. The average Bonchev–Trinajstić information content (AvgIpc) is 2.93. The van der Waals surface area contributed by atoms with Crippen LogP contribution in [0.5, 0.6) is 0 Å². The number of amides is 1. The molecule has 0 N–H and O–H groups in total. The van der Waals surface area contributed by atoms with Crippen molar-refractivity contribution in [3.63, 3.8) is 0 Å². The van der Waals surface area contributed by atoms with Gasteiger partial charge in [0.25, 0.3) is 5.56 Å².